The first-order chi connectivity index (χ1) is 13.0. The molecule has 8 heteroatoms. The minimum atomic E-state index is -0.502. The van der Waals surface area contributed by atoms with Crippen molar-refractivity contribution in [1.82, 2.24) is 5.32 Å². The van der Waals surface area contributed by atoms with Crippen LogP contribution in [0.5, 0.6) is 0 Å². The maximum absolute atomic E-state index is 12.2. The van der Waals surface area contributed by atoms with Crippen molar-refractivity contribution in [3.63, 3.8) is 0 Å². The largest absolute Gasteiger partial charge is 0.456 e. The van der Waals surface area contributed by atoms with Gasteiger partial charge < -0.3 is 15.0 Å². The van der Waals surface area contributed by atoms with Crippen LogP contribution in [-0.2, 0) is 19.1 Å². The molecule has 6 nitrogen and oxygen atoms in total. The fourth-order valence-corrected chi connectivity index (χ4v) is 4.38. The van der Waals surface area contributed by atoms with Gasteiger partial charge in [-0.05, 0) is 30.5 Å². The number of thioether (sulfide) groups is 1. The second-order valence-corrected chi connectivity index (χ2v) is 8.01. The number of para-hydroxylation sites is 1. The zero-order valence-electron chi connectivity index (χ0n) is 14.8. The van der Waals surface area contributed by atoms with Gasteiger partial charge in [-0.1, -0.05) is 18.2 Å². The van der Waals surface area contributed by atoms with Crippen LogP contribution in [0.2, 0.25) is 0 Å². The lowest BCUT2D eigenvalue weighted by atomic mass is 10.2. The second-order valence-electron chi connectivity index (χ2n) is 6.02. The molecule has 0 saturated heterocycles. The summed E-state index contributed by atoms with van der Waals surface area (Å²) in [6.07, 6.45) is 0.0402. The quantitative estimate of drug-likeness (QED) is 0.718. The van der Waals surface area contributed by atoms with Crippen LogP contribution >= 0.6 is 23.1 Å². The maximum atomic E-state index is 12.2. The van der Waals surface area contributed by atoms with Crippen molar-refractivity contribution >= 4 is 46.6 Å². The lowest BCUT2D eigenvalue weighted by Gasteiger charge is -2.28. The van der Waals surface area contributed by atoms with Gasteiger partial charge in [0.05, 0.1) is 23.9 Å². The summed E-state index contributed by atoms with van der Waals surface area (Å²) in [5.74, 6) is -0.527. The minimum absolute atomic E-state index is 0.0333. The average molecular weight is 405 g/mol. The summed E-state index contributed by atoms with van der Waals surface area (Å²) in [6.45, 7) is 1.79. The second kappa shape index (κ2) is 9.05. The smallest absolute Gasteiger partial charge is 0.308 e. The molecule has 27 heavy (non-hydrogen) atoms. The molecule has 2 heterocycles. The molecule has 0 bridgehead atoms. The van der Waals surface area contributed by atoms with Gasteiger partial charge in [0.2, 0.25) is 5.91 Å². The topological polar surface area (TPSA) is 75.7 Å². The summed E-state index contributed by atoms with van der Waals surface area (Å²) in [6, 6.07) is 11.3. The normalized spacial score (nSPS) is 14.4. The Balaban J connectivity index is 1.45. The highest BCUT2D eigenvalue weighted by atomic mass is 32.2. The van der Waals surface area contributed by atoms with Gasteiger partial charge in [0.25, 0.3) is 5.91 Å². The minimum Gasteiger partial charge on any atom is -0.456 e. The Morgan fingerprint density at radius 3 is 2.85 bits per heavy atom. The third-order valence-corrected chi connectivity index (χ3v) is 6.16. The summed E-state index contributed by atoms with van der Waals surface area (Å²) in [4.78, 5) is 39.7. The van der Waals surface area contributed by atoms with Gasteiger partial charge in [0, 0.05) is 16.3 Å². The molecule has 0 radical (unpaired) electrons. The summed E-state index contributed by atoms with van der Waals surface area (Å²) >= 11 is 3.05. The number of amides is 2. The number of anilines is 1. The fraction of sp³-hybridized carbons (Fsp3) is 0.316. The summed E-state index contributed by atoms with van der Waals surface area (Å²) < 4.78 is 5.05. The maximum Gasteiger partial charge on any atom is 0.308 e. The average Bonchev–Trinajstić information content (AvgIpc) is 3.20. The van der Waals surface area contributed by atoms with E-state index >= 15 is 0 Å². The van der Waals surface area contributed by atoms with Gasteiger partial charge in [0.1, 0.15) is 0 Å². The van der Waals surface area contributed by atoms with E-state index in [1.165, 1.54) is 11.8 Å². The molecule has 1 atom stereocenters. The van der Waals surface area contributed by atoms with E-state index in [4.69, 9.17) is 4.74 Å². The lowest BCUT2D eigenvalue weighted by Crippen LogP contribution is -2.37. The van der Waals surface area contributed by atoms with E-state index < -0.39 is 5.97 Å². The van der Waals surface area contributed by atoms with E-state index in [9.17, 15) is 14.4 Å². The van der Waals surface area contributed by atoms with E-state index in [0.717, 1.165) is 15.5 Å². The molecular formula is C19H20N2O4S2. The third-order valence-electron chi connectivity index (χ3n) is 4.06. The van der Waals surface area contributed by atoms with Crippen LogP contribution in [-0.4, -0.2) is 36.7 Å². The molecule has 2 aromatic rings. The first kappa shape index (κ1) is 19.4. The van der Waals surface area contributed by atoms with E-state index in [2.05, 4.69) is 5.32 Å². The Labute approximate surface area is 165 Å². The Bertz CT molecular complexity index is 823. The van der Waals surface area contributed by atoms with Crippen molar-refractivity contribution in [2.24, 2.45) is 0 Å². The first-order valence-electron chi connectivity index (χ1n) is 8.55. The Morgan fingerprint density at radius 2 is 2.07 bits per heavy atom. The van der Waals surface area contributed by atoms with Crippen LogP contribution in [0.25, 0.3) is 0 Å². The number of fused-ring (bicyclic) bond motifs is 1. The molecule has 1 aromatic carbocycles. The predicted molar refractivity (Wildman–Crippen MR) is 106 cm³/mol. The molecule has 1 aliphatic heterocycles. The number of hydrogen-bond donors (Lipinski definition) is 1. The molecule has 2 amide bonds. The number of nitrogens with one attached hydrogen (secondary N) is 1. The molecule has 1 aromatic heterocycles. The number of thiophene rings is 1. The first-order valence-corrected chi connectivity index (χ1v) is 10.4. The van der Waals surface area contributed by atoms with E-state index in [1.54, 1.807) is 16.2 Å². The van der Waals surface area contributed by atoms with E-state index in [0.29, 0.717) is 5.75 Å². The van der Waals surface area contributed by atoms with Crippen LogP contribution in [0.3, 0.4) is 0 Å². The molecule has 0 aliphatic carbocycles. The summed E-state index contributed by atoms with van der Waals surface area (Å²) in [5, 5.41) is 4.73. The molecule has 3 rings (SSSR count). The van der Waals surface area contributed by atoms with Crippen LogP contribution in [0.15, 0.2) is 46.7 Å². The van der Waals surface area contributed by atoms with Crippen molar-refractivity contribution in [1.29, 1.82) is 0 Å². The SMILES string of the molecule is C[C@H](NC(=O)COC(=O)CCN1C(=O)CSc2ccccc21)c1cccs1. The fourth-order valence-electron chi connectivity index (χ4n) is 2.71. The van der Waals surface area contributed by atoms with Gasteiger partial charge in [-0.25, -0.2) is 0 Å². The number of hydrogen-bond acceptors (Lipinski definition) is 6. The Morgan fingerprint density at radius 1 is 1.26 bits per heavy atom. The van der Waals surface area contributed by atoms with Crippen molar-refractivity contribution < 1.29 is 19.1 Å². The molecule has 1 aliphatic rings. The van der Waals surface area contributed by atoms with Gasteiger partial charge in [-0.15, -0.1) is 23.1 Å². The number of carbonyl (C=O) groups is 3. The zero-order valence-corrected chi connectivity index (χ0v) is 16.5. The third kappa shape index (κ3) is 5.11. The van der Waals surface area contributed by atoms with Crippen LogP contribution < -0.4 is 10.2 Å². The highest BCUT2D eigenvalue weighted by Crippen LogP contribution is 2.34. The van der Waals surface area contributed by atoms with E-state index in [-0.39, 0.29) is 37.4 Å². The van der Waals surface area contributed by atoms with Gasteiger partial charge in [-0.2, -0.15) is 0 Å². The van der Waals surface area contributed by atoms with Gasteiger partial charge >= 0.3 is 5.97 Å². The number of ether oxygens (including phenoxy) is 1. The standard InChI is InChI=1S/C19H20N2O4S2/c1-13(15-7-4-10-26-15)20-17(22)11-25-19(24)8-9-21-14-5-2-3-6-16(14)27-12-18(21)23/h2-7,10,13H,8-9,11-12H2,1H3,(H,20,22)/t13-/m0/s1. The number of esters is 1. The number of rotatable bonds is 7. The Kier molecular flexibility index (Phi) is 6.52. The number of carbonyl (C=O) groups excluding carboxylic acids is 3. The summed E-state index contributed by atoms with van der Waals surface area (Å²) in [7, 11) is 0. The molecule has 0 spiro atoms. The molecule has 1 N–H and O–H groups in total. The van der Waals surface area contributed by atoms with Crippen molar-refractivity contribution in [2.45, 2.75) is 24.3 Å². The molecule has 0 unspecified atom stereocenters. The van der Waals surface area contributed by atoms with Crippen molar-refractivity contribution in [3.05, 3.63) is 46.7 Å². The molecule has 0 fully saturated rings. The van der Waals surface area contributed by atoms with Crippen LogP contribution in [0.4, 0.5) is 5.69 Å². The highest BCUT2D eigenvalue weighted by molar-refractivity contribution is 8.00. The van der Waals surface area contributed by atoms with Crippen molar-refractivity contribution in [3.8, 4) is 0 Å². The van der Waals surface area contributed by atoms with E-state index in [1.807, 2.05) is 48.7 Å². The zero-order chi connectivity index (χ0) is 19.2. The molecule has 0 saturated carbocycles. The van der Waals surface area contributed by atoms with Gasteiger partial charge in [0.15, 0.2) is 6.61 Å². The number of nitrogens with zero attached hydrogens (tertiary/aromatic N) is 1. The van der Waals surface area contributed by atoms with Crippen LogP contribution in [0.1, 0.15) is 24.3 Å². The van der Waals surface area contributed by atoms with Crippen molar-refractivity contribution in [2.75, 3.05) is 23.8 Å². The van der Waals surface area contributed by atoms with Crippen LogP contribution in [0, 0.1) is 0 Å². The monoisotopic (exact) mass is 404 g/mol. The highest BCUT2D eigenvalue weighted by Gasteiger charge is 2.25. The number of benzene rings is 1. The summed E-state index contributed by atoms with van der Waals surface area (Å²) in [5.41, 5.74) is 0.814. The molecule has 142 valence electrons. The Hall–Kier alpha value is -2.32. The predicted octanol–water partition coefficient (Wildman–Crippen LogP) is 3.00. The lowest BCUT2D eigenvalue weighted by molar-refractivity contribution is -0.148. The van der Waals surface area contributed by atoms with Gasteiger partial charge in [-0.3, -0.25) is 14.4 Å². The molecular weight excluding hydrogens is 384 g/mol.